The van der Waals surface area contributed by atoms with Crippen molar-refractivity contribution < 1.29 is 4.92 Å². The van der Waals surface area contributed by atoms with E-state index in [2.05, 4.69) is 10.3 Å². The molecule has 3 aromatic rings. The van der Waals surface area contributed by atoms with Crippen LogP contribution in [0.15, 0.2) is 41.3 Å². The number of hydrogen-bond donors (Lipinski definition) is 1. The van der Waals surface area contributed by atoms with Gasteiger partial charge in [0.05, 0.1) is 22.2 Å². The molecule has 2 aromatic heterocycles. The lowest BCUT2D eigenvalue weighted by Gasteiger charge is -2.12. The third kappa shape index (κ3) is 2.63. The van der Waals surface area contributed by atoms with Crippen LogP contribution < -0.4 is 11.0 Å². The summed E-state index contributed by atoms with van der Waals surface area (Å²) in [5, 5.41) is 14.2. The van der Waals surface area contributed by atoms with Crippen LogP contribution >= 0.6 is 0 Å². The lowest BCUT2D eigenvalue weighted by molar-refractivity contribution is -0.383. The number of rotatable bonds is 4. The van der Waals surface area contributed by atoms with Crippen molar-refractivity contribution in [2.45, 2.75) is 31.7 Å². The number of para-hydroxylation sites is 2. The summed E-state index contributed by atoms with van der Waals surface area (Å²) in [6.07, 6.45) is 5.88. The van der Waals surface area contributed by atoms with Crippen molar-refractivity contribution in [3.8, 4) is 0 Å². The number of nitrogens with one attached hydrogen (secondary N) is 1. The number of hydrogen-bond acceptors (Lipinski definition) is 5. The number of aromatic nitrogens is 3. The Labute approximate surface area is 149 Å². The van der Waals surface area contributed by atoms with Gasteiger partial charge in [-0.2, -0.15) is 0 Å². The molecular weight excluding hydrogens is 334 g/mol. The molecule has 0 spiro atoms. The standard InChI is InChI=1S/C18H19N5O3/c1-21-16-11-19-17(20-13-8-4-5-9-14(13)23(25)26)10-15(16)22(18(21)24)12-6-2-3-7-12/h4-5,8-12H,2-3,6-7H2,1H3,(H,19,20). The number of nitro groups is 1. The van der Waals surface area contributed by atoms with Gasteiger partial charge in [0.15, 0.2) is 0 Å². The second-order valence-electron chi connectivity index (χ2n) is 6.61. The minimum absolute atomic E-state index is 0.0179. The van der Waals surface area contributed by atoms with Crippen LogP contribution in [0, 0.1) is 10.1 Å². The van der Waals surface area contributed by atoms with E-state index in [1.807, 2.05) is 4.57 Å². The Morgan fingerprint density at radius 3 is 2.69 bits per heavy atom. The van der Waals surface area contributed by atoms with Crippen LogP contribution in [0.5, 0.6) is 0 Å². The first-order valence-electron chi connectivity index (χ1n) is 8.63. The van der Waals surface area contributed by atoms with Gasteiger partial charge in [-0.15, -0.1) is 0 Å². The summed E-state index contributed by atoms with van der Waals surface area (Å²) in [5.41, 5.74) is 1.87. The number of nitro benzene ring substituents is 1. The topological polar surface area (TPSA) is 95.0 Å². The Morgan fingerprint density at radius 1 is 1.23 bits per heavy atom. The van der Waals surface area contributed by atoms with Crippen LogP contribution in [0.2, 0.25) is 0 Å². The molecular formula is C18H19N5O3. The molecule has 26 heavy (non-hydrogen) atoms. The second-order valence-corrected chi connectivity index (χ2v) is 6.61. The molecule has 1 aliphatic carbocycles. The highest BCUT2D eigenvalue weighted by atomic mass is 16.6. The number of nitrogens with zero attached hydrogens (tertiary/aromatic N) is 4. The van der Waals surface area contributed by atoms with Crippen LogP contribution in [0.4, 0.5) is 17.2 Å². The predicted molar refractivity (Wildman–Crippen MR) is 98.9 cm³/mol. The Morgan fingerprint density at radius 2 is 1.96 bits per heavy atom. The summed E-state index contributed by atoms with van der Waals surface area (Å²) in [4.78, 5) is 27.8. The predicted octanol–water partition coefficient (Wildman–Crippen LogP) is 3.50. The van der Waals surface area contributed by atoms with Crippen molar-refractivity contribution in [2.24, 2.45) is 7.05 Å². The van der Waals surface area contributed by atoms with Gasteiger partial charge in [-0.25, -0.2) is 9.78 Å². The van der Waals surface area contributed by atoms with Crippen LogP contribution in [0.1, 0.15) is 31.7 Å². The summed E-state index contributed by atoms with van der Waals surface area (Å²) >= 11 is 0. The van der Waals surface area contributed by atoms with E-state index in [-0.39, 0.29) is 17.4 Å². The van der Waals surface area contributed by atoms with Crippen molar-refractivity contribution in [1.82, 2.24) is 14.1 Å². The van der Waals surface area contributed by atoms with Gasteiger partial charge in [0.25, 0.3) is 5.69 Å². The number of benzene rings is 1. The van der Waals surface area contributed by atoms with Gasteiger partial charge < -0.3 is 5.32 Å². The maximum Gasteiger partial charge on any atom is 0.329 e. The van der Waals surface area contributed by atoms with E-state index in [0.717, 1.165) is 36.7 Å². The van der Waals surface area contributed by atoms with Crippen LogP contribution in [-0.4, -0.2) is 19.0 Å². The Balaban J connectivity index is 1.80. The van der Waals surface area contributed by atoms with E-state index in [9.17, 15) is 14.9 Å². The molecule has 134 valence electrons. The summed E-state index contributed by atoms with van der Waals surface area (Å²) < 4.78 is 3.45. The molecule has 0 aliphatic heterocycles. The summed E-state index contributed by atoms with van der Waals surface area (Å²) in [7, 11) is 1.74. The molecule has 8 heteroatoms. The van der Waals surface area contributed by atoms with Crippen LogP contribution in [0.3, 0.4) is 0 Å². The third-order valence-corrected chi connectivity index (χ3v) is 5.03. The quantitative estimate of drug-likeness (QED) is 0.572. The highest BCUT2D eigenvalue weighted by molar-refractivity contribution is 5.80. The third-order valence-electron chi connectivity index (χ3n) is 5.03. The Kier molecular flexibility index (Phi) is 3.95. The molecule has 0 unspecified atom stereocenters. The first kappa shape index (κ1) is 16.3. The number of pyridine rings is 1. The Hall–Kier alpha value is -3.16. The highest BCUT2D eigenvalue weighted by Crippen LogP contribution is 2.32. The number of anilines is 2. The molecule has 2 heterocycles. The normalized spacial score (nSPS) is 14.8. The lowest BCUT2D eigenvalue weighted by atomic mass is 10.2. The smallest absolute Gasteiger partial charge is 0.329 e. The summed E-state index contributed by atoms with van der Waals surface area (Å²) in [6.45, 7) is 0. The second kappa shape index (κ2) is 6.29. The van der Waals surface area contributed by atoms with Gasteiger partial charge in [-0.05, 0) is 18.9 Å². The first-order chi connectivity index (χ1) is 12.6. The molecule has 1 N–H and O–H groups in total. The molecule has 1 aromatic carbocycles. The molecule has 0 atom stereocenters. The molecule has 1 saturated carbocycles. The van der Waals surface area contributed by atoms with Gasteiger partial charge in [0, 0.05) is 25.2 Å². The van der Waals surface area contributed by atoms with E-state index < -0.39 is 4.92 Å². The maximum absolute atomic E-state index is 12.7. The monoisotopic (exact) mass is 353 g/mol. The zero-order valence-electron chi connectivity index (χ0n) is 14.4. The fourth-order valence-electron chi connectivity index (χ4n) is 3.72. The summed E-state index contributed by atoms with van der Waals surface area (Å²) in [6, 6.07) is 8.43. The fraction of sp³-hybridized carbons (Fsp3) is 0.333. The van der Waals surface area contributed by atoms with E-state index in [1.54, 1.807) is 42.1 Å². The van der Waals surface area contributed by atoms with Crippen molar-refractivity contribution in [2.75, 3.05) is 5.32 Å². The molecule has 0 saturated heterocycles. The maximum atomic E-state index is 12.7. The number of fused-ring (bicyclic) bond motifs is 1. The molecule has 0 bridgehead atoms. The Bertz CT molecular complexity index is 1050. The van der Waals surface area contributed by atoms with E-state index in [1.165, 1.54) is 6.07 Å². The van der Waals surface area contributed by atoms with Crippen molar-refractivity contribution in [1.29, 1.82) is 0 Å². The van der Waals surface area contributed by atoms with Gasteiger partial charge >= 0.3 is 5.69 Å². The van der Waals surface area contributed by atoms with Crippen LogP contribution in [-0.2, 0) is 7.05 Å². The first-order valence-corrected chi connectivity index (χ1v) is 8.63. The minimum Gasteiger partial charge on any atom is -0.335 e. The average Bonchev–Trinajstić information content (AvgIpc) is 3.23. The lowest BCUT2D eigenvalue weighted by Crippen LogP contribution is -2.24. The largest absolute Gasteiger partial charge is 0.335 e. The zero-order valence-corrected chi connectivity index (χ0v) is 14.4. The zero-order chi connectivity index (χ0) is 18.3. The van der Waals surface area contributed by atoms with Gasteiger partial charge in [-0.1, -0.05) is 25.0 Å². The van der Waals surface area contributed by atoms with Gasteiger partial charge in [0.2, 0.25) is 0 Å². The van der Waals surface area contributed by atoms with E-state index >= 15 is 0 Å². The minimum atomic E-state index is -0.433. The molecule has 1 fully saturated rings. The number of aryl methyl sites for hydroxylation is 1. The van der Waals surface area contributed by atoms with E-state index in [0.29, 0.717) is 11.5 Å². The number of imidazole rings is 1. The SMILES string of the molecule is Cn1c(=O)n(C2CCCC2)c2cc(Nc3ccccc3[N+](=O)[O-])ncc21. The van der Waals surface area contributed by atoms with Crippen molar-refractivity contribution in [3.63, 3.8) is 0 Å². The van der Waals surface area contributed by atoms with Gasteiger partial charge in [0.1, 0.15) is 11.5 Å². The van der Waals surface area contributed by atoms with Crippen LogP contribution in [0.25, 0.3) is 11.0 Å². The molecule has 4 rings (SSSR count). The average molecular weight is 353 g/mol. The highest BCUT2D eigenvalue weighted by Gasteiger charge is 2.23. The fourth-order valence-corrected chi connectivity index (χ4v) is 3.72. The van der Waals surface area contributed by atoms with Gasteiger partial charge in [-0.3, -0.25) is 19.2 Å². The molecule has 0 amide bonds. The molecule has 0 radical (unpaired) electrons. The van der Waals surface area contributed by atoms with Crippen molar-refractivity contribution >= 4 is 28.2 Å². The summed E-state index contributed by atoms with van der Waals surface area (Å²) in [5.74, 6) is 0.476. The van der Waals surface area contributed by atoms with Crippen molar-refractivity contribution in [3.05, 3.63) is 57.1 Å². The molecule has 1 aliphatic rings. The molecule has 8 nitrogen and oxygen atoms in total. The van der Waals surface area contributed by atoms with E-state index in [4.69, 9.17) is 0 Å².